The average molecular weight is 607 g/mol. The van der Waals surface area contributed by atoms with E-state index in [-0.39, 0.29) is 40.6 Å². The van der Waals surface area contributed by atoms with Gasteiger partial charge >= 0.3 is 0 Å². The Labute approximate surface area is 242 Å². The minimum absolute atomic E-state index is 0.00192. The van der Waals surface area contributed by atoms with Crippen molar-refractivity contribution in [1.29, 1.82) is 0 Å². The molecule has 1 amide bonds. The number of halogens is 1. The highest BCUT2D eigenvalue weighted by molar-refractivity contribution is 7.90. The molecule has 16 heteroatoms. The van der Waals surface area contributed by atoms with Crippen molar-refractivity contribution in [3.8, 4) is 11.8 Å². The number of carbonyl (C=O) groups excluding carboxylic acids is 1. The topological polar surface area (TPSA) is 178 Å². The van der Waals surface area contributed by atoms with Crippen molar-refractivity contribution < 1.29 is 27.4 Å². The summed E-state index contributed by atoms with van der Waals surface area (Å²) >= 11 is 5.87. The van der Waals surface area contributed by atoms with E-state index in [1.807, 2.05) is 0 Å². The lowest BCUT2D eigenvalue weighted by Crippen LogP contribution is -3.07. The van der Waals surface area contributed by atoms with Crippen LogP contribution in [0.2, 0.25) is 0 Å². The monoisotopic (exact) mass is 606 g/mol. The number of amides is 1. The lowest BCUT2D eigenvalue weighted by molar-refractivity contribution is -0.596. The zero-order chi connectivity index (χ0) is 29.4. The van der Waals surface area contributed by atoms with Crippen LogP contribution in [-0.2, 0) is 19.6 Å². The zero-order valence-electron chi connectivity index (χ0n) is 23.0. The molecule has 220 valence electrons. The van der Waals surface area contributed by atoms with E-state index in [2.05, 4.69) is 47.2 Å². The minimum atomic E-state index is -4.26. The van der Waals surface area contributed by atoms with Crippen LogP contribution < -0.4 is 25.0 Å². The zero-order valence-corrected chi connectivity index (χ0v) is 24.6. The number of allylic oxidation sites excluding steroid dienone is 1. The summed E-state index contributed by atoms with van der Waals surface area (Å²) in [6, 6.07) is 0. The molecule has 0 aromatic carbocycles. The Morgan fingerprint density at radius 3 is 2.17 bits per heavy atom. The number of ether oxygens (including phenoxy) is 3. The summed E-state index contributed by atoms with van der Waals surface area (Å²) in [6.45, 7) is 6.49. The standard InChI is InChI=1S/C25H31ClN8O6S/c1-9(26)7-28-20(27-3)19(38-4)10(2)41(36,37)34-24(31-18-21(39-5)29-8-30-22(18)40-6)33-32-23(35)25-15-12-11-13(15)17(25)14(11)16(12)25/h7-8,10-17,19H,3H2,1-2,4-6H3,(H,32,35)(H2,31,33,34)/b9-7+,28-20-/t10-,11?,12?,13?,14?,15?,16?,17?,19-,25?/m0/s1. The maximum Gasteiger partial charge on any atom is 0.247 e. The summed E-state index contributed by atoms with van der Waals surface area (Å²) < 4.78 is 45.6. The molecule has 7 rings (SSSR count). The third-order valence-electron chi connectivity index (χ3n) is 9.73. The van der Waals surface area contributed by atoms with Crippen LogP contribution in [0.3, 0.4) is 0 Å². The van der Waals surface area contributed by atoms with E-state index in [4.69, 9.17) is 25.8 Å². The number of nitrogens with zero attached hydrogens (tertiary/aromatic N) is 5. The van der Waals surface area contributed by atoms with Gasteiger partial charge in [-0.2, -0.15) is 9.97 Å². The molecule has 0 spiro atoms. The number of aromatic nitrogens is 2. The molecular formula is C25H31ClN8O6S. The molecule has 0 saturated heterocycles. The third kappa shape index (κ3) is 3.54. The number of guanidine groups is 1. The summed E-state index contributed by atoms with van der Waals surface area (Å²) in [4.78, 5) is 33.7. The fourth-order valence-electron chi connectivity index (χ4n) is 8.30. The van der Waals surface area contributed by atoms with Gasteiger partial charge in [0.15, 0.2) is 11.5 Å². The molecule has 6 aliphatic rings. The number of carbonyl (C=O) groups is 1. The van der Waals surface area contributed by atoms with Gasteiger partial charge in [-0.25, -0.2) is 23.4 Å². The summed E-state index contributed by atoms with van der Waals surface area (Å²) in [5, 5.41) is -0.892. The van der Waals surface area contributed by atoms with Gasteiger partial charge in [0.05, 0.1) is 19.6 Å². The molecule has 41 heavy (non-hydrogen) atoms. The molecule has 1 heterocycles. The number of sulfonamides is 1. The van der Waals surface area contributed by atoms with Crippen molar-refractivity contribution in [2.24, 2.45) is 61.8 Å². The number of amidine groups is 1. The van der Waals surface area contributed by atoms with Crippen LogP contribution in [-0.4, -0.2) is 75.5 Å². The number of hydrogen-bond acceptors (Lipinski definition) is 10. The maximum absolute atomic E-state index is 13.6. The van der Waals surface area contributed by atoms with Gasteiger partial charge in [0.1, 0.15) is 17.7 Å². The Morgan fingerprint density at radius 1 is 1.10 bits per heavy atom. The Kier molecular flexibility index (Phi) is 6.54. The minimum Gasteiger partial charge on any atom is -0.479 e. The van der Waals surface area contributed by atoms with Crippen LogP contribution in [0.1, 0.15) is 13.8 Å². The predicted octanol–water partition coefficient (Wildman–Crippen LogP) is 0.992. The van der Waals surface area contributed by atoms with Gasteiger partial charge in [-0.3, -0.25) is 20.4 Å². The smallest absolute Gasteiger partial charge is 0.247 e. The second-order valence-electron chi connectivity index (χ2n) is 11.0. The van der Waals surface area contributed by atoms with Crippen molar-refractivity contribution in [2.75, 3.05) is 21.3 Å². The Hall–Kier alpha value is -3.30. The predicted molar refractivity (Wildman–Crippen MR) is 149 cm³/mol. The second kappa shape index (κ2) is 9.63. The fourth-order valence-corrected chi connectivity index (χ4v) is 9.46. The van der Waals surface area contributed by atoms with Gasteiger partial charge in [-0.05, 0) is 62.0 Å². The van der Waals surface area contributed by atoms with Crippen molar-refractivity contribution in [3.63, 3.8) is 0 Å². The molecule has 1 aromatic rings. The summed E-state index contributed by atoms with van der Waals surface area (Å²) in [5.74, 6) is 3.86. The van der Waals surface area contributed by atoms with Gasteiger partial charge in [0.25, 0.3) is 0 Å². The van der Waals surface area contributed by atoms with Crippen LogP contribution in [0.5, 0.6) is 11.8 Å². The molecule has 6 aliphatic carbocycles. The highest BCUT2D eigenvalue weighted by Gasteiger charge is 3.06. The van der Waals surface area contributed by atoms with Crippen LogP contribution in [0, 0.1) is 46.8 Å². The number of methoxy groups -OCH3 is 3. The Balaban J connectivity index is 1.26. The molecule has 14 nitrogen and oxygen atoms in total. The quantitative estimate of drug-likeness (QED) is 0.199. The lowest BCUT2D eigenvalue weighted by Gasteiger charge is -3.06. The highest BCUT2D eigenvalue weighted by Crippen LogP contribution is 3.05. The van der Waals surface area contributed by atoms with Gasteiger partial charge < -0.3 is 14.2 Å². The van der Waals surface area contributed by atoms with Gasteiger partial charge in [0, 0.05) is 18.3 Å². The summed E-state index contributed by atoms with van der Waals surface area (Å²) in [5.41, 5.74) is 5.07. The first-order chi connectivity index (χ1) is 19.6. The first-order valence-corrected chi connectivity index (χ1v) is 15.0. The average Bonchev–Trinajstić information content (AvgIpc) is 2.97. The first kappa shape index (κ1) is 27.8. The van der Waals surface area contributed by atoms with Crippen LogP contribution >= 0.6 is 11.6 Å². The molecule has 0 radical (unpaired) electrons. The van der Waals surface area contributed by atoms with Crippen molar-refractivity contribution in [1.82, 2.24) is 25.5 Å². The Morgan fingerprint density at radius 2 is 1.68 bits per heavy atom. The SMILES string of the molecule is C=N/C(=N\C=C(/C)Cl)[C@@H](OC)[C@H](C)S(=O)(=O)N/C(=N\c1c(OC)ncnc1OC)NNC(=O)C12C3C4C5C3C1C5C42. The second-order valence-corrected chi connectivity index (χ2v) is 13.6. The maximum atomic E-state index is 13.6. The van der Waals surface area contributed by atoms with Gasteiger partial charge in [-0.1, -0.05) is 11.6 Å². The normalized spacial score (nSPS) is 35.2. The number of aliphatic imine (C=N–C) groups is 3. The van der Waals surface area contributed by atoms with E-state index in [1.54, 1.807) is 6.92 Å². The molecule has 0 aliphatic heterocycles. The van der Waals surface area contributed by atoms with E-state index < -0.39 is 21.4 Å². The van der Waals surface area contributed by atoms with Crippen LogP contribution in [0.25, 0.3) is 0 Å². The summed E-state index contributed by atoms with van der Waals surface area (Å²) in [6.07, 6.45) is 1.41. The molecule has 6 fully saturated rings. The van der Waals surface area contributed by atoms with Crippen molar-refractivity contribution in [2.45, 2.75) is 25.2 Å². The molecule has 0 bridgehead atoms. The number of rotatable bonds is 10. The van der Waals surface area contributed by atoms with Gasteiger partial charge in [0.2, 0.25) is 33.7 Å². The summed E-state index contributed by atoms with van der Waals surface area (Å²) in [7, 11) is -0.191. The number of hydrogen-bond donors (Lipinski definition) is 3. The van der Waals surface area contributed by atoms with E-state index in [0.717, 1.165) is 5.92 Å². The molecule has 3 N–H and O–H groups in total. The van der Waals surface area contributed by atoms with E-state index >= 15 is 0 Å². The van der Waals surface area contributed by atoms with Crippen molar-refractivity contribution in [3.05, 3.63) is 17.6 Å². The molecular weight excluding hydrogens is 576 g/mol. The molecule has 0 unspecified atom stereocenters. The fraction of sp³-hybridized carbons (Fsp3) is 0.600. The van der Waals surface area contributed by atoms with E-state index in [0.29, 0.717) is 40.5 Å². The van der Waals surface area contributed by atoms with Crippen molar-refractivity contribution >= 4 is 51.7 Å². The largest absolute Gasteiger partial charge is 0.479 e. The first-order valence-electron chi connectivity index (χ1n) is 13.1. The Bertz CT molecular complexity index is 1440. The molecule has 2 atom stereocenters. The third-order valence-corrected chi connectivity index (χ3v) is 11.5. The van der Waals surface area contributed by atoms with E-state index in [9.17, 15) is 13.2 Å². The molecule has 6 saturated carbocycles. The van der Waals surface area contributed by atoms with Gasteiger partial charge in [-0.15, -0.1) is 0 Å². The highest BCUT2D eigenvalue weighted by atomic mass is 35.5. The molecule has 1 aromatic heterocycles. The number of nitrogens with one attached hydrogen (secondary N) is 3. The number of hydrazine groups is 1. The van der Waals surface area contributed by atoms with Crippen LogP contribution in [0.4, 0.5) is 5.69 Å². The van der Waals surface area contributed by atoms with Crippen LogP contribution in [0.15, 0.2) is 32.5 Å². The lowest BCUT2D eigenvalue weighted by atomic mass is 8.96. The van der Waals surface area contributed by atoms with E-state index in [1.165, 1.54) is 40.8 Å².